The molecule has 0 aliphatic carbocycles. The average molecular weight is 483 g/mol. The molecule has 0 radical (unpaired) electrons. The van der Waals surface area contributed by atoms with Gasteiger partial charge in [0.25, 0.3) is 5.91 Å². The Balaban J connectivity index is 1.66. The Morgan fingerprint density at radius 1 is 1.13 bits per heavy atom. The number of nitrogens with zero attached hydrogens (tertiary/aromatic N) is 2. The summed E-state index contributed by atoms with van der Waals surface area (Å²) in [5.74, 6) is 0.0742. The van der Waals surface area contributed by atoms with Gasteiger partial charge in [-0.2, -0.15) is 4.31 Å². The summed E-state index contributed by atoms with van der Waals surface area (Å²) in [5, 5.41) is 6.16. The summed E-state index contributed by atoms with van der Waals surface area (Å²) in [6.45, 7) is 1.92. The molecule has 0 bridgehead atoms. The second kappa shape index (κ2) is 9.82. The van der Waals surface area contributed by atoms with Crippen LogP contribution in [0.2, 0.25) is 5.02 Å². The maximum absolute atomic E-state index is 12.5. The largest absolute Gasteiger partial charge is 0.495 e. The summed E-state index contributed by atoms with van der Waals surface area (Å²) >= 11 is 11.4. The second-order valence-corrected chi connectivity index (χ2v) is 9.72. The highest BCUT2D eigenvalue weighted by Crippen LogP contribution is 2.27. The van der Waals surface area contributed by atoms with Gasteiger partial charge in [0.15, 0.2) is 5.11 Å². The fraction of sp³-hybridized carbons (Fsp3) is 0.300. The van der Waals surface area contributed by atoms with E-state index >= 15 is 0 Å². The molecule has 11 heteroatoms. The van der Waals surface area contributed by atoms with E-state index < -0.39 is 15.9 Å². The Morgan fingerprint density at radius 2 is 1.81 bits per heavy atom. The van der Waals surface area contributed by atoms with Gasteiger partial charge in [-0.1, -0.05) is 23.7 Å². The van der Waals surface area contributed by atoms with Crippen molar-refractivity contribution in [3.8, 4) is 5.75 Å². The number of thiocarbonyl (C=S) groups is 1. The monoisotopic (exact) mass is 482 g/mol. The number of amides is 1. The molecule has 1 fully saturated rings. The Kier molecular flexibility index (Phi) is 7.37. The molecule has 1 aliphatic rings. The van der Waals surface area contributed by atoms with Gasteiger partial charge in [-0.15, -0.1) is 0 Å². The van der Waals surface area contributed by atoms with Crippen LogP contribution in [-0.2, 0) is 10.0 Å². The number of rotatable bonds is 5. The summed E-state index contributed by atoms with van der Waals surface area (Å²) in [7, 11) is -1.70. The first-order valence-corrected chi connectivity index (χ1v) is 12.1. The van der Waals surface area contributed by atoms with Crippen molar-refractivity contribution >= 4 is 56.2 Å². The first kappa shape index (κ1) is 23.3. The molecule has 0 unspecified atom stereocenters. The zero-order valence-corrected chi connectivity index (χ0v) is 19.5. The van der Waals surface area contributed by atoms with Gasteiger partial charge in [-0.25, -0.2) is 8.42 Å². The molecule has 166 valence electrons. The van der Waals surface area contributed by atoms with E-state index in [-0.39, 0.29) is 5.11 Å². The number of piperazine rings is 1. The van der Waals surface area contributed by atoms with Crippen molar-refractivity contribution in [3.05, 3.63) is 53.1 Å². The van der Waals surface area contributed by atoms with Crippen LogP contribution in [0.3, 0.4) is 0 Å². The SMILES string of the molecule is COc1ccc(C(=O)NC(=S)Nc2ccccc2N2CCN(S(C)(=O)=O)CC2)cc1Cl. The zero-order valence-electron chi connectivity index (χ0n) is 17.1. The number of sulfonamides is 1. The van der Waals surface area contributed by atoms with Crippen molar-refractivity contribution in [3.63, 3.8) is 0 Å². The first-order chi connectivity index (χ1) is 14.7. The summed E-state index contributed by atoms with van der Waals surface area (Å²) < 4.78 is 30.0. The molecule has 1 heterocycles. The van der Waals surface area contributed by atoms with Crippen LogP contribution in [0.5, 0.6) is 5.75 Å². The van der Waals surface area contributed by atoms with Gasteiger partial charge in [-0.3, -0.25) is 10.1 Å². The van der Waals surface area contributed by atoms with Gasteiger partial charge in [0.05, 0.1) is 29.8 Å². The Bertz CT molecular complexity index is 1090. The van der Waals surface area contributed by atoms with Crippen LogP contribution < -0.4 is 20.3 Å². The lowest BCUT2D eigenvalue weighted by atomic mass is 10.2. The van der Waals surface area contributed by atoms with E-state index in [2.05, 4.69) is 15.5 Å². The average Bonchev–Trinajstić information content (AvgIpc) is 2.73. The number of halogens is 1. The number of para-hydroxylation sites is 2. The number of anilines is 2. The molecular weight excluding hydrogens is 460 g/mol. The number of benzene rings is 2. The van der Waals surface area contributed by atoms with Crippen LogP contribution >= 0.6 is 23.8 Å². The minimum Gasteiger partial charge on any atom is -0.495 e. The van der Waals surface area contributed by atoms with Crippen LogP contribution in [0.4, 0.5) is 11.4 Å². The fourth-order valence-electron chi connectivity index (χ4n) is 3.25. The lowest BCUT2D eigenvalue weighted by Crippen LogP contribution is -2.48. The van der Waals surface area contributed by atoms with Gasteiger partial charge in [0.1, 0.15) is 5.75 Å². The normalized spacial score (nSPS) is 14.7. The van der Waals surface area contributed by atoms with E-state index in [4.69, 9.17) is 28.6 Å². The first-order valence-electron chi connectivity index (χ1n) is 9.44. The predicted molar refractivity (Wildman–Crippen MR) is 127 cm³/mol. The highest BCUT2D eigenvalue weighted by atomic mass is 35.5. The minimum atomic E-state index is -3.20. The lowest BCUT2D eigenvalue weighted by molar-refractivity contribution is 0.0977. The van der Waals surface area contributed by atoms with Crippen LogP contribution in [0, 0.1) is 0 Å². The minimum absolute atomic E-state index is 0.138. The third-order valence-electron chi connectivity index (χ3n) is 4.84. The van der Waals surface area contributed by atoms with E-state index in [9.17, 15) is 13.2 Å². The van der Waals surface area contributed by atoms with Crippen LogP contribution in [0.25, 0.3) is 0 Å². The third-order valence-corrected chi connectivity index (χ3v) is 6.64. The number of carbonyl (C=O) groups is 1. The van der Waals surface area contributed by atoms with Gasteiger partial charge < -0.3 is 15.0 Å². The Morgan fingerprint density at radius 3 is 2.42 bits per heavy atom. The number of methoxy groups -OCH3 is 1. The molecule has 3 rings (SSSR count). The molecule has 0 saturated carbocycles. The lowest BCUT2D eigenvalue weighted by Gasteiger charge is -2.35. The van der Waals surface area contributed by atoms with Crippen molar-refractivity contribution in [1.82, 2.24) is 9.62 Å². The molecule has 8 nitrogen and oxygen atoms in total. The summed E-state index contributed by atoms with van der Waals surface area (Å²) in [6.07, 6.45) is 1.22. The predicted octanol–water partition coefficient (Wildman–Crippen LogP) is 2.56. The van der Waals surface area contributed by atoms with Crippen molar-refractivity contribution in [2.45, 2.75) is 0 Å². The van der Waals surface area contributed by atoms with Crippen molar-refractivity contribution in [1.29, 1.82) is 0 Å². The van der Waals surface area contributed by atoms with E-state index in [1.54, 1.807) is 12.1 Å². The number of hydrogen-bond acceptors (Lipinski definition) is 6. The zero-order chi connectivity index (χ0) is 22.6. The summed E-state index contributed by atoms with van der Waals surface area (Å²) in [4.78, 5) is 14.6. The van der Waals surface area contributed by atoms with E-state index in [1.165, 1.54) is 23.7 Å². The summed E-state index contributed by atoms with van der Waals surface area (Å²) in [5.41, 5.74) is 1.94. The smallest absolute Gasteiger partial charge is 0.257 e. The van der Waals surface area contributed by atoms with Crippen molar-refractivity contribution in [2.24, 2.45) is 0 Å². The summed E-state index contributed by atoms with van der Waals surface area (Å²) in [6, 6.07) is 12.2. The molecule has 2 aromatic carbocycles. The number of nitrogens with one attached hydrogen (secondary N) is 2. The molecule has 1 aliphatic heterocycles. The van der Waals surface area contributed by atoms with Gasteiger partial charge in [0.2, 0.25) is 10.0 Å². The highest BCUT2D eigenvalue weighted by Gasteiger charge is 2.24. The quantitative estimate of drug-likeness (QED) is 0.633. The van der Waals surface area contributed by atoms with E-state index in [1.807, 2.05) is 24.3 Å². The van der Waals surface area contributed by atoms with Crippen LogP contribution in [0.15, 0.2) is 42.5 Å². The number of hydrogen-bond donors (Lipinski definition) is 2. The molecule has 0 aromatic heterocycles. The molecule has 0 spiro atoms. The van der Waals surface area contributed by atoms with E-state index in [0.717, 1.165) is 5.69 Å². The van der Waals surface area contributed by atoms with Gasteiger partial charge >= 0.3 is 0 Å². The molecule has 1 saturated heterocycles. The van der Waals surface area contributed by atoms with E-state index in [0.29, 0.717) is 48.2 Å². The highest BCUT2D eigenvalue weighted by molar-refractivity contribution is 7.88. The third kappa shape index (κ3) is 5.85. The molecule has 0 atom stereocenters. The molecule has 2 N–H and O–H groups in total. The van der Waals surface area contributed by atoms with Crippen LogP contribution in [0.1, 0.15) is 10.4 Å². The number of carbonyl (C=O) groups excluding carboxylic acids is 1. The molecule has 1 amide bonds. The molecular formula is C20H23ClN4O4S2. The topological polar surface area (TPSA) is 91.0 Å². The van der Waals surface area contributed by atoms with Gasteiger partial charge in [0, 0.05) is 31.7 Å². The Hall–Kier alpha value is -2.40. The standard InChI is InChI=1S/C20H23ClN4O4S2/c1-29-18-8-7-14(13-15(18)21)19(26)23-20(30)22-16-5-3-4-6-17(16)24-9-11-25(12-10-24)31(2,27)28/h3-8,13H,9-12H2,1-2H3,(H2,22,23,26,30). The maximum atomic E-state index is 12.5. The second-order valence-electron chi connectivity index (χ2n) is 6.92. The number of ether oxygens (including phenoxy) is 1. The maximum Gasteiger partial charge on any atom is 0.257 e. The molecule has 31 heavy (non-hydrogen) atoms. The Labute approximate surface area is 192 Å². The fourth-order valence-corrected chi connectivity index (χ4v) is 4.54. The molecule has 2 aromatic rings. The van der Waals surface area contributed by atoms with Gasteiger partial charge in [-0.05, 0) is 42.5 Å². The van der Waals surface area contributed by atoms with Crippen LogP contribution in [-0.4, -0.2) is 63.3 Å². The van der Waals surface area contributed by atoms with Crippen molar-refractivity contribution in [2.75, 3.05) is 49.8 Å². The van der Waals surface area contributed by atoms with Crippen molar-refractivity contribution < 1.29 is 17.9 Å².